The van der Waals surface area contributed by atoms with Crippen molar-refractivity contribution in [1.29, 1.82) is 0 Å². The zero-order valence-corrected chi connectivity index (χ0v) is 12.2. The van der Waals surface area contributed by atoms with Crippen LogP contribution in [0.5, 0.6) is 0 Å². The van der Waals surface area contributed by atoms with Crippen LogP contribution in [0.3, 0.4) is 0 Å². The highest BCUT2D eigenvalue weighted by Gasteiger charge is 2.34. The number of ether oxygens (including phenoxy) is 1. The predicted molar refractivity (Wildman–Crippen MR) is 75.6 cm³/mol. The van der Waals surface area contributed by atoms with Crippen molar-refractivity contribution in [2.24, 2.45) is 5.92 Å². The Kier molecular flexibility index (Phi) is 5.45. The van der Waals surface area contributed by atoms with Crippen LogP contribution >= 0.6 is 12.4 Å². The second-order valence-corrected chi connectivity index (χ2v) is 5.57. The fraction of sp³-hybridized carbons (Fsp3) is 0.923. The maximum atomic E-state index is 12.3. The minimum Gasteiger partial charge on any atom is -0.381 e. The molecular weight excluding hydrogens is 266 g/mol. The van der Waals surface area contributed by atoms with E-state index < -0.39 is 0 Å². The number of hydrogen-bond acceptors (Lipinski definition) is 4. The first-order chi connectivity index (χ1) is 8.84. The number of hydrogen-bond donors (Lipinski definition) is 1. The van der Waals surface area contributed by atoms with Gasteiger partial charge in [-0.3, -0.25) is 9.69 Å². The Labute approximate surface area is 121 Å². The van der Waals surface area contributed by atoms with Crippen molar-refractivity contribution in [1.82, 2.24) is 15.1 Å². The molecule has 0 aromatic heterocycles. The van der Waals surface area contributed by atoms with Gasteiger partial charge in [0.05, 0.1) is 12.5 Å². The van der Waals surface area contributed by atoms with Crippen LogP contribution < -0.4 is 5.32 Å². The van der Waals surface area contributed by atoms with Gasteiger partial charge in [0.1, 0.15) is 0 Å². The van der Waals surface area contributed by atoms with Gasteiger partial charge in [-0.1, -0.05) is 0 Å². The summed E-state index contributed by atoms with van der Waals surface area (Å²) in [4.78, 5) is 16.9. The van der Waals surface area contributed by atoms with Crippen LogP contribution in [-0.4, -0.2) is 74.2 Å². The standard InChI is InChI=1S/C13H23N3O2.ClH/c17-13(11-2-8-18-10-11)16-5-1-12(9-16)15-6-3-14-4-7-15;/h11-12,14H,1-10H2;1H. The molecule has 0 aromatic carbocycles. The normalized spacial score (nSPS) is 32.3. The van der Waals surface area contributed by atoms with Gasteiger partial charge in [-0.25, -0.2) is 0 Å². The Morgan fingerprint density at radius 1 is 1.16 bits per heavy atom. The van der Waals surface area contributed by atoms with Gasteiger partial charge in [-0.2, -0.15) is 0 Å². The van der Waals surface area contributed by atoms with Crippen LogP contribution in [0.25, 0.3) is 0 Å². The summed E-state index contributed by atoms with van der Waals surface area (Å²) < 4.78 is 5.31. The van der Waals surface area contributed by atoms with Gasteiger partial charge in [0, 0.05) is 51.9 Å². The topological polar surface area (TPSA) is 44.8 Å². The van der Waals surface area contributed by atoms with Gasteiger partial charge in [0.25, 0.3) is 0 Å². The van der Waals surface area contributed by atoms with Crippen molar-refractivity contribution in [2.75, 3.05) is 52.5 Å². The number of likely N-dealkylation sites (tertiary alicyclic amines) is 1. The lowest BCUT2D eigenvalue weighted by Gasteiger charge is -2.32. The largest absolute Gasteiger partial charge is 0.381 e. The summed E-state index contributed by atoms with van der Waals surface area (Å²) >= 11 is 0. The number of amides is 1. The van der Waals surface area contributed by atoms with Crippen molar-refractivity contribution >= 4 is 18.3 Å². The van der Waals surface area contributed by atoms with Crippen molar-refractivity contribution in [2.45, 2.75) is 18.9 Å². The second-order valence-electron chi connectivity index (χ2n) is 5.57. The van der Waals surface area contributed by atoms with Crippen LogP contribution in [0, 0.1) is 5.92 Å². The van der Waals surface area contributed by atoms with Crippen LogP contribution in [-0.2, 0) is 9.53 Å². The molecule has 0 aromatic rings. The molecule has 3 saturated heterocycles. The third-order valence-electron chi connectivity index (χ3n) is 4.42. The van der Waals surface area contributed by atoms with E-state index in [1.165, 1.54) is 0 Å². The molecule has 3 heterocycles. The number of halogens is 1. The third-order valence-corrected chi connectivity index (χ3v) is 4.42. The summed E-state index contributed by atoms with van der Waals surface area (Å²) in [6.07, 6.45) is 2.05. The van der Waals surface area contributed by atoms with Crippen LogP contribution in [0.15, 0.2) is 0 Å². The molecule has 19 heavy (non-hydrogen) atoms. The number of rotatable bonds is 2. The summed E-state index contributed by atoms with van der Waals surface area (Å²) in [5.74, 6) is 0.455. The molecule has 3 aliphatic rings. The minimum absolute atomic E-state index is 0. The first kappa shape index (κ1) is 15.0. The Hall–Kier alpha value is -0.360. The first-order valence-electron chi connectivity index (χ1n) is 7.16. The smallest absolute Gasteiger partial charge is 0.228 e. The van der Waals surface area contributed by atoms with E-state index in [1.54, 1.807) is 0 Å². The summed E-state index contributed by atoms with van der Waals surface area (Å²) in [7, 11) is 0. The average Bonchev–Trinajstić information content (AvgIpc) is 3.10. The maximum absolute atomic E-state index is 12.3. The number of carbonyl (C=O) groups excluding carboxylic acids is 1. The summed E-state index contributed by atoms with van der Waals surface area (Å²) in [5.41, 5.74) is 0. The number of nitrogens with one attached hydrogen (secondary N) is 1. The van der Waals surface area contributed by atoms with Gasteiger partial charge in [0.15, 0.2) is 0 Å². The van der Waals surface area contributed by atoms with Gasteiger partial charge in [-0.15, -0.1) is 12.4 Å². The van der Waals surface area contributed by atoms with Crippen molar-refractivity contribution in [3.05, 3.63) is 0 Å². The summed E-state index contributed by atoms with van der Waals surface area (Å²) in [6.45, 7) is 7.67. The Morgan fingerprint density at radius 3 is 2.63 bits per heavy atom. The van der Waals surface area contributed by atoms with E-state index in [-0.39, 0.29) is 18.3 Å². The molecule has 3 rings (SSSR count). The van der Waals surface area contributed by atoms with Gasteiger partial charge < -0.3 is 15.0 Å². The quantitative estimate of drug-likeness (QED) is 0.774. The predicted octanol–water partition coefficient (Wildman–Crippen LogP) is -0.0492. The molecule has 2 atom stereocenters. The van der Waals surface area contributed by atoms with E-state index in [1.807, 2.05) is 0 Å². The molecule has 0 aliphatic carbocycles. The molecular formula is C13H24ClN3O2. The molecule has 0 bridgehead atoms. The monoisotopic (exact) mass is 289 g/mol. The fourth-order valence-corrected chi connectivity index (χ4v) is 3.27. The van der Waals surface area contributed by atoms with Crippen molar-refractivity contribution in [3.63, 3.8) is 0 Å². The lowest BCUT2D eigenvalue weighted by atomic mass is 10.1. The lowest BCUT2D eigenvalue weighted by Crippen LogP contribution is -2.49. The highest BCUT2D eigenvalue weighted by atomic mass is 35.5. The molecule has 6 heteroatoms. The van der Waals surface area contributed by atoms with Crippen molar-refractivity contribution in [3.8, 4) is 0 Å². The highest BCUT2D eigenvalue weighted by molar-refractivity contribution is 5.85. The van der Waals surface area contributed by atoms with E-state index in [2.05, 4.69) is 15.1 Å². The van der Waals surface area contributed by atoms with Crippen LogP contribution in [0.4, 0.5) is 0 Å². The maximum Gasteiger partial charge on any atom is 0.228 e. The van der Waals surface area contributed by atoms with E-state index in [4.69, 9.17) is 4.74 Å². The average molecular weight is 290 g/mol. The van der Waals surface area contributed by atoms with E-state index in [0.717, 1.165) is 58.7 Å². The molecule has 0 saturated carbocycles. The molecule has 0 spiro atoms. The highest BCUT2D eigenvalue weighted by Crippen LogP contribution is 2.21. The Balaban J connectivity index is 0.00000133. The molecule has 2 unspecified atom stereocenters. The zero-order valence-electron chi connectivity index (χ0n) is 11.3. The zero-order chi connectivity index (χ0) is 12.4. The molecule has 3 fully saturated rings. The molecule has 1 amide bonds. The molecule has 3 aliphatic heterocycles. The first-order valence-corrected chi connectivity index (χ1v) is 7.16. The molecule has 1 N–H and O–H groups in total. The van der Waals surface area contributed by atoms with Crippen LogP contribution in [0.1, 0.15) is 12.8 Å². The number of carbonyl (C=O) groups is 1. The Morgan fingerprint density at radius 2 is 1.95 bits per heavy atom. The summed E-state index contributed by atoms with van der Waals surface area (Å²) in [6, 6.07) is 0.582. The lowest BCUT2D eigenvalue weighted by molar-refractivity contribution is -0.134. The van der Waals surface area contributed by atoms with E-state index in [9.17, 15) is 4.79 Å². The van der Waals surface area contributed by atoms with Gasteiger partial charge in [0.2, 0.25) is 5.91 Å². The molecule has 110 valence electrons. The molecule has 5 nitrogen and oxygen atoms in total. The van der Waals surface area contributed by atoms with E-state index >= 15 is 0 Å². The fourth-order valence-electron chi connectivity index (χ4n) is 3.27. The SMILES string of the molecule is Cl.O=C(C1CCOC1)N1CCC(N2CCNCC2)C1. The van der Waals surface area contributed by atoms with Crippen LogP contribution in [0.2, 0.25) is 0 Å². The third kappa shape index (κ3) is 3.40. The summed E-state index contributed by atoms with van der Waals surface area (Å²) in [5, 5.41) is 3.38. The second kappa shape index (κ2) is 6.88. The number of nitrogens with zero attached hydrogens (tertiary/aromatic N) is 2. The van der Waals surface area contributed by atoms with E-state index in [0.29, 0.717) is 18.6 Å². The number of piperazine rings is 1. The van der Waals surface area contributed by atoms with Crippen molar-refractivity contribution < 1.29 is 9.53 Å². The van der Waals surface area contributed by atoms with Gasteiger partial charge in [-0.05, 0) is 12.8 Å². The Bertz CT molecular complexity index is 304. The minimum atomic E-state index is 0. The van der Waals surface area contributed by atoms with Gasteiger partial charge >= 0.3 is 0 Å². The molecule has 0 radical (unpaired) electrons.